The van der Waals surface area contributed by atoms with Gasteiger partial charge in [0.1, 0.15) is 5.75 Å². The summed E-state index contributed by atoms with van der Waals surface area (Å²) in [6, 6.07) is 17.1. The molecule has 2 heteroatoms. The highest BCUT2D eigenvalue weighted by Crippen LogP contribution is 2.41. The fourth-order valence-electron chi connectivity index (χ4n) is 3.32. The molecule has 0 N–H and O–H groups in total. The second-order valence-electron chi connectivity index (χ2n) is 5.44. The number of fused-ring (bicyclic) bond motifs is 6. The topological polar surface area (TPSA) is 18.5 Å². The molecule has 0 amide bonds. The Bertz CT molecular complexity index is 807. The molecule has 3 aromatic rings. The fraction of sp³-hybridized carbons (Fsp3) is 0.263. The average molecular weight is 278 g/mol. The van der Waals surface area contributed by atoms with Gasteiger partial charge in [-0.1, -0.05) is 48.5 Å². The quantitative estimate of drug-likeness (QED) is 0.634. The maximum Gasteiger partial charge on any atom is 0.200 e. The molecule has 1 aliphatic heterocycles. The van der Waals surface area contributed by atoms with Gasteiger partial charge in [0.15, 0.2) is 6.29 Å². The molecular formula is C19H18O2. The summed E-state index contributed by atoms with van der Waals surface area (Å²) in [7, 11) is 0. The lowest BCUT2D eigenvalue weighted by Gasteiger charge is -2.28. The molecule has 0 bridgehead atoms. The lowest BCUT2D eigenvalue weighted by atomic mass is 9.92. The minimum atomic E-state index is -0.118. The molecule has 0 radical (unpaired) electrons. The van der Waals surface area contributed by atoms with E-state index in [0.29, 0.717) is 6.61 Å². The van der Waals surface area contributed by atoms with Crippen LogP contribution in [0.25, 0.3) is 21.5 Å². The second-order valence-corrected chi connectivity index (χ2v) is 5.44. The van der Waals surface area contributed by atoms with Crippen molar-refractivity contribution in [3.05, 3.63) is 54.1 Å². The van der Waals surface area contributed by atoms with E-state index in [2.05, 4.69) is 48.5 Å². The van der Waals surface area contributed by atoms with E-state index < -0.39 is 0 Å². The van der Waals surface area contributed by atoms with Crippen LogP contribution in [0.5, 0.6) is 5.75 Å². The Morgan fingerprint density at radius 3 is 2.29 bits per heavy atom. The molecule has 0 saturated carbocycles. The number of benzene rings is 3. The summed E-state index contributed by atoms with van der Waals surface area (Å²) in [5.74, 6) is 1.01. The average Bonchev–Trinajstić information content (AvgIpc) is 2.55. The van der Waals surface area contributed by atoms with Crippen molar-refractivity contribution in [1.82, 2.24) is 0 Å². The molecule has 0 saturated heterocycles. The number of ether oxygens (including phenoxy) is 2. The van der Waals surface area contributed by atoms with Gasteiger partial charge >= 0.3 is 0 Å². The van der Waals surface area contributed by atoms with Crippen LogP contribution in [-0.4, -0.2) is 12.9 Å². The molecule has 21 heavy (non-hydrogen) atoms. The monoisotopic (exact) mass is 278 g/mol. The van der Waals surface area contributed by atoms with E-state index in [1.54, 1.807) is 0 Å². The minimum Gasteiger partial charge on any atom is -0.464 e. The highest BCUT2D eigenvalue weighted by atomic mass is 16.7. The van der Waals surface area contributed by atoms with Crippen molar-refractivity contribution in [2.24, 2.45) is 0 Å². The van der Waals surface area contributed by atoms with E-state index in [0.717, 1.165) is 18.6 Å². The summed E-state index contributed by atoms with van der Waals surface area (Å²) < 4.78 is 11.8. The van der Waals surface area contributed by atoms with Crippen LogP contribution in [0.15, 0.2) is 48.5 Å². The Labute approximate surface area is 124 Å². The summed E-state index contributed by atoms with van der Waals surface area (Å²) in [6.07, 6.45) is 1.81. The van der Waals surface area contributed by atoms with E-state index >= 15 is 0 Å². The maximum absolute atomic E-state index is 6.17. The van der Waals surface area contributed by atoms with Gasteiger partial charge in [0.05, 0.1) is 0 Å². The standard InChI is InChI=1S/C19H18O2/c1-2-20-18-12-11-17-15-9-4-3-7-13(15)14-8-5-6-10-16(14)19(17)21-18/h3-10,18H,2,11-12H2,1H3. The van der Waals surface area contributed by atoms with Crippen LogP contribution < -0.4 is 4.74 Å². The zero-order valence-corrected chi connectivity index (χ0v) is 12.1. The number of hydrogen-bond donors (Lipinski definition) is 0. The normalized spacial score (nSPS) is 17.7. The lowest BCUT2D eigenvalue weighted by molar-refractivity contribution is -0.0850. The highest BCUT2D eigenvalue weighted by Gasteiger charge is 2.24. The summed E-state index contributed by atoms with van der Waals surface area (Å²) in [5.41, 5.74) is 1.32. The predicted octanol–water partition coefficient (Wildman–Crippen LogP) is 4.68. The van der Waals surface area contributed by atoms with Crippen LogP contribution in [0.2, 0.25) is 0 Å². The molecule has 0 aromatic heterocycles. The SMILES string of the molecule is CCOC1CCc2c(c3ccccc3c3ccccc23)O1. The summed E-state index contributed by atoms with van der Waals surface area (Å²) >= 11 is 0. The largest absolute Gasteiger partial charge is 0.464 e. The van der Waals surface area contributed by atoms with E-state index in [1.165, 1.54) is 27.1 Å². The van der Waals surface area contributed by atoms with Crippen LogP contribution in [0, 0.1) is 0 Å². The van der Waals surface area contributed by atoms with Gasteiger partial charge in [0, 0.05) is 24.0 Å². The van der Waals surface area contributed by atoms with Crippen molar-refractivity contribution in [3.8, 4) is 5.75 Å². The molecule has 0 aliphatic carbocycles. The second kappa shape index (κ2) is 5.05. The van der Waals surface area contributed by atoms with Gasteiger partial charge in [-0.25, -0.2) is 0 Å². The molecule has 1 aliphatic rings. The van der Waals surface area contributed by atoms with Gasteiger partial charge in [-0.2, -0.15) is 0 Å². The molecule has 0 spiro atoms. The molecule has 1 heterocycles. The molecule has 0 fully saturated rings. The maximum atomic E-state index is 6.17. The van der Waals surface area contributed by atoms with Gasteiger partial charge in [-0.15, -0.1) is 0 Å². The zero-order valence-electron chi connectivity index (χ0n) is 12.1. The van der Waals surface area contributed by atoms with Gasteiger partial charge < -0.3 is 9.47 Å². The Balaban J connectivity index is 2.03. The van der Waals surface area contributed by atoms with Gasteiger partial charge in [0.25, 0.3) is 0 Å². The summed E-state index contributed by atoms with van der Waals surface area (Å²) in [6.45, 7) is 2.70. The van der Waals surface area contributed by atoms with Gasteiger partial charge in [-0.3, -0.25) is 0 Å². The van der Waals surface area contributed by atoms with Crippen LogP contribution in [0.3, 0.4) is 0 Å². The smallest absolute Gasteiger partial charge is 0.200 e. The molecular weight excluding hydrogens is 260 g/mol. The van der Waals surface area contributed by atoms with Gasteiger partial charge in [0.2, 0.25) is 0 Å². The zero-order chi connectivity index (χ0) is 14.2. The Kier molecular flexibility index (Phi) is 3.04. The molecule has 3 aromatic carbocycles. The Morgan fingerprint density at radius 2 is 1.57 bits per heavy atom. The molecule has 1 unspecified atom stereocenters. The first kappa shape index (κ1) is 12.7. The van der Waals surface area contributed by atoms with Crippen molar-refractivity contribution in [1.29, 1.82) is 0 Å². The van der Waals surface area contributed by atoms with Crippen LogP contribution in [-0.2, 0) is 11.2 Å². The highest BCUT2D eigenvalue weighted by molar-refractivity contribution is 6.12. The molecule has 1 atom stereocenters. The molecule has 4 rings (SSSR count). The van der Waals surface area contributed by atoms with E-state index in [9.17, 15) is 0 Å². The van der Waals surface area contributed by atoms with Crippen molar-refractivity contribution in [2.45, 2.75) is 26.1 Å². The summed E-state index contributed by atoms with van der Waals surface area (Å²) in [5, 5.41) is 5.06. The van der Waals surface area contributed by atoms with Crippen molar-refractivity contribution in [3.63, 3.8) is 0 Å². The van der Waals surface area contributed by atoms with Gasteiger partial charge in [-0.05, 0) is 29.5 Å². The van der Waals surface area contributed by atoms with E-state index in [1.807, 2.05) is 6.92 Å². The first-order valence-corrected chi connectivity index (χ1v) is 7.59. The number of aryl methyl sites for hydroxylation is 1. The van der Waals surface area contributed by atoms with Crippen LogP contribution in [0.4, 0.5) is 0 Å². The van der Waals surface area contributed by atoms with Crippen LogP contribution >= 0.6 is 0 Å². The number of hydrogen-bond acceptors (Lipinski definition) is 2. The minimum absolute atomic E-state index is 0.118. The van der Waals surface area contributed by atoms with E-state index in [-0.39, 0.29) is 6.29 Å². The third-order valence-corrected chi connectivity index (χ3v) is 4.22. The van der Waals surface area contributed by atoms with Crippen LogP contribution in [0.1, 0.15) is 18.9 Å². The molecule has 2 nitrogen and oxygen atoms in total. The number of rotatable bonds is 2. The third kappa shape index (κ3) is 1.98. The van der Waals surface area contributed by atoms with Crippen molar-refractivity contribution >= 4 is 21.5 Å². The predicted molar refractivity (Wildman–Crippen MR) is 85.8 cm³/mol. The van der Waals surface area contributed by atoms with Crippen molar-refractivity contribution in [2.75, 3.05) is 6.61 Å². The third-order valence-electron chi connectivity index (χ3n) is 4.22. The van der Waals surface area contributed by atoms with E-state index in [4.69, 9.17) is 9.47 Å². The molecule has 106 valence electrons. The first-order chi connectivity index (χ1) is 10.4. The summed E-state index contributed by atoms with van der Waals surface area (Å²) in [4.78, 5) is 0. The Hall–Kier alpha value is -2.06. The first-order valence-electron chi connectivity index (χ1n) is 7.59. The van der Waals surface area contributed by atoms with Crippen molar-refractivity contribution < 1.29 is 9.47 Å². The Morgan fingerprint density at radius 1 is 0.952 bits per heavy atom. The fourth-order valence-corrected chi connectivity index (χ4v) is 3.32. The lowest BCUT2D eigenvalue weighted by Crippen LogP contribution is -2.26.